The monoisotopic (exact) mass is 263 g/mol. The largest absolute Gasteiger partial charge is 0.292 e. The SMILES string of the molecule is C[C@@H]1CCCN(C2c3ccccc3-c3ccccc32)C1. The number of benzene rings is 2. The molecule has 1 fully saturated rings. The van der Waals surface area contributed by atoms with Gasteiger partial charge in [-0.1, -0.05) is 55.5 Å². The molecule has 0 spiro atoms. The summed E-state index contributed by atoms with van der Waals surface area (Å²) in [5.41, 5.74) is 5.88. The molecule has 0 N–H and O–H groups in total. The Balaban J connectivity index is 1.83. The van der Waals surface area contributed by atoms with E-state index in [2.05, 4.69) is 60.4 Å². The van der Waals surface area contributed by atoms with Gasteiger partial charge in [-0.2, -0.15) is 0 Å². The van der Waals surface area contributed by atoms with Crippen molar-refractivity contribution in [2.75, 3.05) is 13.1 Å². The van der Waals surface area contributed by atoms with Crippen molar-refractivity contribution in [3.8, 4) is 11.1 Å². The van der Waals surface area contributed by atoms with Gasteiger partial charge in [0.15, 0.2) is 0 Å². The second-order valence-corrected chi connectivity index (χ2v) is 6.32. The summed E-state index contributed by atoms with van der Waals surface area (Å²) in [6.07, 6.45) is 2.72. The van der Waals surface area contributed by atoms with Gasteiger partial charge in [-0.3, -0.25) is 4.90 Å². The zero-order chi connectivity index (χ0) is 13.5. The number of piperidine rings is 1. The highest BCUT2D eigenvalue weighted by Crippen LogP contribution is 2.46. The minimum absolute atomic E-state index is 0.477. The second-order valence-electron chi connectivity index (χ2n) is 6.32. The van der Waals surface area contributed by atoms with Crippen molar-refractivity contribution in [2.24, 2.45) is 5.92 Å². The summed E-state index contributed by atoms with van der Waals surface area (Å²) >= 11 is 0. The predicted molar refractivity (Wildman–Crippen MR) is 83.7 cm³/mol. The Bertz CT molecular complexity index is 586. The maximum absolute atomic E-state index is 2.69. The highest BCUT2D eigenvalue weighted by atomic mass is 15.2. The molecule has 2 aromatic rings. The lowest BCUT2D eigenvalue weighted by molar-refractivity contribution is 0.151. The number of hydrogen-bond donors (Lipinski definition) is 0. The number of rotatable bonds is 1. The Morgan fingerprint density at radius 1 is 0.900 bits per heavy atom. The van der Waals surface area contributed by atoms with E-state index in [0.29, 0.717) is 6.04 Å². The van der Waals surface area contributed by atoms with Gasteiger partial charge in [-0.25, -0.2) is 0 Å². The first-order valence-corrected chi connectivity index (χ1v) is 7.77. The summed E-state index contributed by atoms with van der Waals surface area (Å²) in [4.78, 5) is 2.69. The topological polar surface area (TPSA) is 3.24 Å². The van der Waals surface area contributed by atoms with E-state index in [1.807, 2.05) is 0 Å². The van der Waals surface area contributed by atoms with Crippen LogP contribution in [0.1, 0.15) is 36.9 Å². The quantitative estimate of drug-likeness (QED) is 0.733. The van der Waals surface area contributed by atoms with E-state index >= 15 is 0 Å². The Labute approximate surface area is 121 Å². The van der Waals surface area contributed by atoms with E-state index < -0.39 is 0 Å². The Morgan fingerprint density at radius 2 is 1.50 bits per heavy atom. The van der Waals surface area contributed by atoms with Crippen LogP contribution < -0.4 is 0 Å². The van der Waals surface area contributed by atoms with Crippen LogP contribution in [0.3, 0.4) is 0 Å². The number of nitrogens with zero attached hydrogens (tertiary/aromatic N) is 1. The molecule has 0 bridgehead atoms. The molecule has 1 nitrogen and oxygen atoms in total. The van der Waals surface area contributed by atoms with Gasteiger partial charge < -0.3 is 0 Å². The Morgan fingerprint density at radius 3 is 2.10 bits per heavy atom. The van der Waals surface area contributed by atoms with E-state index in [1.54, 1.807) is 0 Å². The molecule has 0 radical (unpaired) electrons. The van der Waals surface area contributed by atoms with Gasteiger partial charge in [-0.05, 0) is 47.6 Å². The molecular weight excluding hydrogens is 242 g/mol. The van der Waals surface area contributed by atoms with E-state index in [0.717, 1.165) is 5.92 Å². The zero-order valence-corrected chi connectivity index (χ0v) is 12.0. The van der Waals surface area contributed by atoms with E-state index in [9.17, 15) is 0 Å². The molecule has 102 valence electrons. The van der Waals surface area contributed by atoms with E-state index in [4.69, 9.17) is 0 Å². The minimum atomic E-state index is 0.477. The fourth-order valence-electron chi connectivity index (χ4n) is 3.98. The normalized spacial score (nSPS) is 22.6. The first-order valence-electron chi connectivity index (χ1n) is 7.77. The standard InChI is InChI=1S/C19H21N/c1-14-7-6-12-20(13-14)19-17-10-4-2-8-15(17)16-9-3-5-11-18(16)19/h2-5,8-11,14,19H,6-7,12-13H2,1H3/t14-/m1/s1. The molecule has 0 saturated carbocycles. The summed E-state index contributed by atoms with van der Waals surface area (Å²) in [6, 6.07) is 18.4. The fraction of sp³-hybridized carbons (Fsp3) is 0.368. The van der Waals surface area contributed by atoms with Crippen molar-refractivity contribution in [1.82, 2.24) is 4.90 Å². The molecule has 0 amide bonds. The van der Waals surface area contributed by atoms with E-state index in [1.165, 1.54) is 48.2 Å². The molecule has 1 saturated heterocycles. The van der Waals surface area contributed by atoms with Gasteiger partial charge in [0.2, 0.25) is 0 Å². The third-order valence-electron chi connectivity index (χ3n) is 4.85. The number of likely N-dealkylation sites (tertiary alicyclic amines) is 1. The van der Waals surface area contributed by atoms with Gasteiger partial charge in [-0.15, -0.1) is 0 Å². The molecule has 4 rings (SSSR count). The molecule has 20 heavy (non-hydrogen) atoms. The van der Waals surface area contributed by atoms with Crippen molar-refractivity contribution >= 4 is 0 Å². The van der Waals surface area contributed by atoms with Crippen LogP contribution in [0.15, 0.2) is 48.5 Å². The van der Waals surface area contributed by atoms with Crippen LogP contribution in [0.25, 0.3) is 11.1 Å². The molecular formula is C19H21N. The summed E-state index contributed by atoms with van der Waals surface area (Å²) in [7, 11) is 0. The number of fused-ring (bicyclic) bond motifs is 3. The van der Waals surface area contributed by atoms with E-state index in [-0.39, 0.29) is 0 Å². The van der Waals surface area contributed by atoms with Gasteiger partial charge in [0, 0.05) is 6.54 Å². The van der Waals surface area contributed by atoms with Gasteiger partial charge in [0.05, 0.1) is 6.04 Å². The fourth-order valence-corrected chi connectivity index (χ4v) is 3.98. The third-order valence-corrected chi connectivity index (χ3v) is 4.85. The van der Waals surface area contributed by atoms with Crippen LogP contribution in [0.2, 0.25) is 0 Å². The average molecular weight is 263 g/mol. The third kappa shape index (κ3) is 1.81. The molecule has 1 aliphatic carbocycles. The summed E-state index contributed by atoms with van der Waals surface area (Å²) in [5.74, 6) is 0.823. The molecule has 1 heterocycles. The van der Waals surface area contributed by atoms with Gasteiger partial charge in [0.1, 0.15) is 0 Å². The van der Waals surface area contributed by atoms with Crippen LogP contribution in [0.4, 0.5) is 0 Å². The van der Waals surface area contributed by atoms with Crippen LogP contribution in [-0.2, 0) is 0 Å². The molecule has 2 aliphatic rings. The second kappa shape index (κ2) is 4.75. The molecule has 2 aromatic carbocycles. The maximum atomic E-state index is 2.69. The highest BCUT2D eigenvalue weighted by molar-refractivity contribution is 5.78. The lowest BCUT2D eigenvalue weighted by atomic mass is 9.95. The van der Waals surface area contributed by atoms with Crippen molar-refractivity contribution in [3.63, 3.8) is 0 Å². The first-order chi connectivity index (χ1) is 9.84. The van der Waals surface area contributed by atoms with Crippen molar-refractivity contribution in [2.45, 2.75) is 25.8 Å². The lowest BCUT2D eigenvalue weighted by Crippen LogP contribution is -2.37. The zero-order valence-electron chi connectivity index (χ0n) is 12.0. The molecule has 1 heteroatoms. The van der Waals surface area contributed by atoms with Gasteiger partial charge >= 0.3 is 0 Å². The smallest absolute Gasteiger partial charge is 0.0614 e. The molecule has 0 aromatic heterocycles. The molecule has 1 atom stereocenters. The average Bonchev–Trinajstić information content (AvgIpc) is 2.82. The molecule has 0 unspecified atom stereocenters. The van der Waals surface area contributed by atoms with Crippen LogP contribution in [0.5, 0.6) is 0 Å². The summed E-state index contributed by atoms with van der Waals surface area (Å²) in [5, 5.41) is 0. The summed E-state index contributed by atoms with van der Waals surface area (Å²) < 4.78 is 0. The summed E-state index contributed by atoms with van der Waals surface area (Å²) in [6.45, 7) is 4.85. The van der Waals surface area contributed by atoms with Crippen molar-refractivity contribution in [1.29, 1.82) is 0 Å². The first kappa shape index (κ1) is 12.2. The Kier molecular flexibility index (Phi) is 2.89. The Hall–Kier alpha value is -1.60. The highest BCUT2D eigenvalue weighted by Gasteiger charge is 2.33. The van der Waals surface area contributed by atoms with Crippen molar-refractivity contribution in [3.05, 3.63) is 59.7 Å². The lowest BCUT2D eigenvalue weighted by Gasteiger charge is -2.36. The predicted octanol–water partition coefficient (Wildman–Crippen LogP) is 4.49. The molecule has 1 aliphatic heterocycles. The number of hydrogen-bond acceptors (Lipinski definition) is 1. The van der Waals surface area contributed by atoms with Gasteiger partial charge in [0.25, 0.3) is 0 Å². The maximum Gasteiger partial charge on any atom is 0.0614 e. The van der Waals surface area contributed by atoms with Crippen LogP contribution >= 0.6 is 0 Å². The van der Waals surface area contributed by atoms with Crippen molar-refractivity contribution < 1.29 is 0 Å². The van der Waals surface area contributed by atoms with Crippen LogP contribution in [0, 0.1) is 5.92 Å². The minimum Gasteiger partial charge on any atom is -0.292 e. The van der Waals surface area contributed by atoms with Crippen LogP contribution in [-0.4, -0.2) is 18.0 Å².